The average molecular weight is 244 g/mol. The van der Waals surface area contributed by atoms with Crippen molar-refractivity contribution in [3.8, 4) is 0 Å². The van der Waals surface area contributed by atoms with Crippen molar-refractivity contribution in [3.05, 3.63) is 35.6 Å². The molecule has 1 aromatic heterocycles. The van der Waals surface area contributed by atoms with Gasteiger partial charge < -0.3 is 14.6 Å². The van der Waals surface area contributed by atoms with Crippen LogP contribution >= 0.6 is 0 Å². The van der Waals surface area contributed by atoms with Crippen molar-refractivity contribution in [2.75, 3.05) is 32.7 Å². The van der Waals surface area contributed by atoms with Gasteiger partial charge in [0.15, 0.2) is 0 Å². The molecule has 0 unspecified atom stereocenters. The molecule has 1 aliphatic rings. The summed E-state index contributed by atoms with van der Waals surface area (Å²) >= 11 is 0. The molecule has 0 radical (unpaired) electrons. The minimum atomic E-state index is 1.02. The SMILES string of the molecule is Cc1oc2ccccc2c1CCN1CCNCC1. The summed E-state index contributed by atoms with van der Waals surface area (Å²) in [6.07, 6.45) is 1.09. The Kier molecular flexibility index (Phi) is 3.35. The summed E-state index contributed by atoms with van der Waals surface area (Å²) < 4.78 is 5.81. The molecule has 1 fully saturated rings. The molecule has 96 valence electrons. The molecule has 1 aromatic carbocycles. The molecule has 0 saturated carbocycles. The predicted octanol–water partition coefficient (Wildman–Crippen LogP) is 2.19. The Bertz CT molecular complexity index is 526. The van der Waals surface area contributed by atoms with Crippen LogP contribution in [-0.2, 0) is 6.42 Å². The highest BCUT2D eigenvalue weighted by atomic mass is 16.3. The largest absolute Gasteiger partial charge is 0.461 e. The average Bonchev–Trinajstić information content (AvgIpc) is 2.73. The van der Waals surface area contributed by atoms with Crippen molar-refractivity contribution < 1.29 is 4.42 Å². The number of fused-ring (bicyclic) bond motifs is 1. The number of nitrogens with one attached hydrogen (secondary N) is 1. The lowest BCUT2D eigenvalue weighted by molar-refractivity contribution is 0.243. The smallest absolute Gasteiger partial charge is 0.134 e. The monoisotopic (exact) mass is 244 g/mol. The van der Waals surface area contributed by atoms with Gasteiger partial charge in [-0.3, -0.25) is 0 Å². The van der Waals surface area contributed by atoms with E-state index in [4.69, 9.17) is 4.42 Å². The van der Waals surface area contributed by atoms with Gasteiger partial charge in [0.25, 0.3) is 0 Å². The van der Waals surface area contributed by atoms with Gasteiger partial charge in [0.2, 0.25) is 0 Å². The van der Waals surface area contributed by atoms with Crippen LogP contribution in [-0.4, -0.2) is 37.6 Å². The molecule has 18 heavy (non-hydrogen) atoms. The minimum absolute atomic E-state index is 1.02. The Labute approximate surface area is 108 Å². The van der Waals surface area contributed by atoms with Crippen molar-refractivity contribution in [2.45, 2.75) is 13.3 Å². The molecule has 1 aliphatic heterocycles. The number of para-hydroxylation sites is 1. The first-order chi connectivity index (χ1) is 8.84. The summed E-state index contributed by atoms with van der Waals surface area (Å²) in [4.78, 5) is 2.53. The van der Waals surface area contributed by atoms with Gasteiger partial charge in [0.1, 0.15) is 11.3 Å². The highest BCUT2D eigenvalue weighted by Crippen LogP contribution is 2.25. The number of hydrogen-bond acceptors (Lipinski definition) is 3. The Balaban J connectivity index is 1.75. The zero-order valence-corrected chi connectivity index (χ0v) is 10.9. The second kappa shape index (κ2) is 5.12. The third kappa shape index (κ3) is 2.28. The summed E-state index contributed by atoms with van der Waals surface area (Å²) in [7, 11) is 0. The van der Waals surface area contributed by atoms with E-state index in [9.17, 15) is 0 Å². The maximum atomic E-state index is 5.81. The van der Waals surface area contributed by atoms with Crippen LogP contribution in [0, 0.1) is 6.92 Å². The number of nitrogens with zero attached hydrogens (tertiary/aromatic N) is 1. The number of aryl methyl sites for hydroxylation is 1. The van der Waals surface area contributed by atoms with E-state index in [1.165, 1.54) is 10.9 Å². The van der Waals surface area contributed by atoms with Gasteiger partial charge >= 0.3 is 0 Å². The summed E-state index contributed by atoms with van der Waals surface area (Å²) in [6.45, 7) is 7.76. The number of rotatable bonds is 3. The van der Waals surface area contributed by atoms with E-state index < -0.39 is 0 Å². The molecule has 3 rings (SSSR count). The standard InChI is InChI=1S/C15H20N2O/c1-12-13(6-9-17-10-7-16-8-11-17)14-4-2-3-5-15(14)18-12/h2-5,16H,6-11H2,1H3. The fourth-order valence-electron chi connectivity index (χ4n) is 2.74. The molecule has 0 amide bonds. The first-order valence-corrected chi connectivity index (χ1v) is 6.74. The van der Waals surface area contributed by atoms with Crippen LogP contribution in [0.3, 0.4) is 0 Å². The van der Waals surface area contributed by atoms with E-state index in [0.717, 1.165) is 50.5 Å². The van der Waals surface area contributed by atoms with E-state index in [-0.39, 0.29) is 0 Å². The Morgan fingerprint density at radius 3 is 2.83 bits per heavy atom. The van der Waals surface area contributed by atoms with Gasteiger partial charge in [-0.15, -0.1) is 0 Å². The van der Waals surface area contributed by atoms with E-state index in [0.29, 0.717) is 0 Å². The molecular weight excluding hydrogens is 224 g/mol. The molecule has 3 nitrogen and oxygen atoms in total. The molecule has 0 bridgehead atoms. The molecule has 0 aliphatic carbocycles. The lowest BCUT2D eigenvalue weighted by Gasteiger charge is -2.27. The molecule has 2 aromatic rings. The highest BCUT2D eigenvalue weighted by Gasteiger charge is 2.13. The maximum Gasteiger partial charge on any atom is 0.134 e. The van der Waals surface area contributed by atoms with Gasteiger partial charge in [0.05, 0.1) is 0 Å². The Morgan fingerprint density at radius 2 is 2.00 bits per heavy atom. The zero-order chi connectivity index (χ0) is 12.4. The number of piperazine rings is 1. The Hall–Kier alpha value is -1.32. The lowest BCUT2D eigenvalue weighted by Crippen LogP contribution is -2.44. The molecule has 1 N–H and O–H groups in total. The van der Waals surface area contributed by atoms with Crippen molar-refractivity contribution in [3.63, 3.8) is 0 Å². The normalized spacial score (nSPS) is 17.4. The van der Waals surface area contributed by atoms with E-state index in [1.807, 2.05) is 6.07 Å². The maximum absolute atomic E-state index is 5.81. The number of furan rings is 1. The van der Waals surface area contributed by atoms with Crippen LogP contribution < -0.4 is 5.32 Å². The quantitative estimate of drug-likeness (QED) is 0.897. The van der Waals surface area contributed by atoms with Crippen LogP contribution in [0.5, 0.6) is 0 Å². The second-order valence-electron chi connectivity index (χ2n) is 4.97. The second-order valence-corrected chi connectivity index (χ2v) is 4.97. The first kappa shape index (κ1) is 11.8. The topological polar surface area (TPSA) is 28.4 Å². The van der Waals surface area contributed by atoms with Gasteiger partial charge in [-0.25, -0.2) is 0 Å². The summed E-state index contributed by atoms with van der Waals surface area (Å²) in [6, 6.07) is 8.34. The van der Waals surface area contributed by atoms with Crippen molar-refractivity contribution in [1.29, 1.82) is 0 Å². The third-order valence-electron chi connectivity index (χ3n) is 3.79. The predicted molar refractivity (Wildman–Crippen MR) is 74.0 cm³/mol. The van der Waals surface area contributed by atoms with E-state index in [1.54, 1.807) is 0 Å². The number of hydrogen-bond donors (Lipinski definition) is 1. The molecule has 1 saturated heterocycles. The molecular formula is C15H20N2O. The minimum Gasteiger partial charge on any atom is -0.461 e. The van der Waals surface area contributed by atoms with Crippen LogP contribution in [0.2, 0.25) is 0 Å². The Morgan fingerprint density at radius 1 is 1.22 bits per heavy atom. The van der Waals surface area contributed by atoms with Gasteiger partial charge in [-0.1, -0.05) is 18.2 Å². The third-order valence-corrected chi connectivity index (χ3v) is 3.79. The summed E-state index contributed by atoms with van der Waals surface area (Å²) in [5.41, 5.74) is 2.40. The van der Waals surface area contributed by atoms with Crippen molar-refractivity contribution in [2.24, 2.45) is 0 Å². The molecule has 0 spiro atoms. The molecule has 0 atom stereocenters. The zero-order valence-electron chi connectivity index (χ0n) is 10.9. The van der Waals surface area contributed by atoms with Gasteiger partial charge in [-0.05, 0) is 19.4 Å². The fraction of sp³-hybridized carbons (Fsp3) is 0.467. The van der Waals surface area contributed by atoms with E-state index >= 15 is 0 Å². The summed E-state index contributed by atoms with van der Waals surface area (Å²) in [5, 5.41) is 4.67. The van der Waals surface area contributed by atoms with Crippen LogP contribution in [0.4, 0.5) is 0 Å². The fourth-order valence-corrected chi connectivity index (χ4v) is 2.74. The molecule has 3 heteroatoms. The highest BCUT2D eigenvalue weighted by molar-refractivity contribution is 5.82. The number of benzene rings is 1. The van der Waals surface area contributed by atoms with E-state index in [2.05, 4.69) is 35.3 Å². The van der Waals surface area contributed by atoms with Crippen LogP contribution in [0.25, 0.3) is 11.0 Å². The van der Waals surface area contributed by atoms with Gasteiger partial charge in [-0.2, -0.15) is 0 Å². The first-order valence-electron chi connectivity index (χ1n) is 6.74. The van der Waals surface area contributed by atoms with Crippen LogP contribution in [0.15, 0.2) is 28.7 Å². The van der Waals surface area contributed by atoms with Crippen molar-refractivity contribution >= 4 is 11.0 Å². The lowest BCUT2D eigenvalue weighted by atomic mass is 10.1. The summed E-state index contributed by atoms with van der Waals surface area (Å²) in [5.74, 6) is 1.08. The van der Waals surface area contributed by atoms with Crippen LogP contribution in [0.1, 0.15) is 11.3 Å². The van der Waals surface area contributed by atoms with Gasteiger partial charge in [0, 0.05) is 43.7 Å². The van der Waals surface area contributed by atoms with Crippen molar-refractivity contribution in [1.82, 2.24) is 10.2 Å². The molecule has 2 heterocycles.